The lowest BCUT2D eigenvalue weighted by Gasteiger charge is -2.16. The number of carbonyl (C=O) groups excluding carboxylic acids is 2. The Balaban J connectivity index is 2.60. The molecular formula is C19H29NO2. The third-order valence-corrected chi connectivity index (χ3v) is 3.78. The van der Waals surface area contributed by atoms with Gasteiger partial charge in [0.15, 0.2) is 0 Å². The molecule has 1 aromatic carbocycles. The van der Waals surface area contributed by atoms with Gasteiger partial charge in [-0.05, 0) is 24.8 Å². The molecule has 1 N–H and O–H groups in total. The Bertz CT molecular complexity index is 442. The van der Waals surface area contributed by atoms with E-state index in [4.69, 9.17) is 0 Å². The number of rotatable bonds is 11. The number of hydrogen-bond acceptors (Lipinski definition) is 2. The number of benzene rings is 1. The van der Waals surface area contributed by atoms with Crippen molar-refractivity contribution in [3.8, 4) is 0 Å². The zero-order valence-corrected chi connectivity index (χ0v) is 13.9. The largest absolute Gasteiger partial charge is 0.356 e. The molecule has 1 aromatic rings. The molecule has 0 aromatic heterocycles. The van der Waals surface area contributed by atoms with Gasteiger partial charge in [0.25, 0.3) is 0 Å². The lowest BCUT2D eigenvalue weighted by atomic mass is 9.92. The fourth-order valence-corrected chi connectivity index (χ4v) is 2.54. The van der Waals surface area contributed by atoms with Crippen molar-refractivity contribution in [2.24, 2.45) is 5.92 Å². The molecule has 0 heterocycles. The van der Waals surface area contributed by atoms with Crippen LogP contribution in [0.15, 0.2) is 30.3 Å². The van der Waals surface area contributed by atoms with Crippen molar-refractivity contribution in [3.05, 3.63) is 35.9 Å². The van der Waals surface area contributed by atoms with Crippen LogP contribution in [-0.2, 0) is 16.0 Å². The highest BCUT2D eigenvalue weighted by molar-refractivity contribution is 5.87. The van der Waals surface area contributed by atoms with Gasteiger partial charge in [-0.3, -0.25) is 9.59 Å². The molecule has 0 saturated heterocycles. The number of Topliss-reactive ketones (excluding diaryl/α,β-unsaturated/α-hetero) is 1. The number of unbranched alkanes of at least 4 members (excludes halogenated alkanes) is 2. The van der Waals surface area contributed by atoms with E-state index in [-0.39, 0.29) is 17.6 Å². The average Bonchev–Trinajstić information content (AvgIpc) is 2.52. The lowest BCUT2D eigenvalue weighted by Crippen LogP contribution is -2.34. The molecule has 0 radical (unpaired) electrons. The van der Waals surface area contributed by atoms with E-state index < -0.39 is 0 Å². The van der Waals surface area contributed by atoms with Gasteiger partial charge in [0.05, 0.1) is 0 Å². The Kier molecular flexibility index (Phi) is 9.20. The maximum Gasteiger partial charge on any atom is 0.223 e. The summed E-state index contributed by atoms with van der Waals surface area (Å²) in [6.45, 7) is 4.85. The van der Waals surface area contributed by atoms with Crippen LogP contribution in [0.25, 0.3) is 0 Å². The molecule has 3 heteroatoms. The molecule has 0 aliphatic rings. The van der Waals surface area contributed by atoms with Crippen LogP contribution < -0.4 is 5.32 Å². The second kappa shape index (κ2) is 11.0. The summed E-state index contributed by atoms with van der Waals surface area (Å²) < 4.78 is 0. The standard InChI is InChI=1S/C19H29NO2/c1-3-5-9-13-20-19(22)17(15-18(21)10-4-2)14-16-11-7-6-8-12-16/h6-8,11-12,17H,3-5,9-10,13-15H2,1-2H3,(H,20,22). The summed E-state index contributed by atoms with van der Waals surface area (Å²) in [5.74, 6) is -0.0420. The van der Waals surface area contributed by atoms with Crippen molar-refractivity contribution in [3.63, 3.8) is 0 Å². The van der Waals surface area contributed by atoms with E-state index >= 15 is 0 Å². The maximum absolute atomic E-state index is 12.4. The van der Waals surface area contributed by atoms with Gasteiger partial charge in [0.1, 0.15) is 5.78 Å². The third kappa shape index (κ3) is 7.39. The molecule has 1 unspecified atom stereocenters. The molecule has 0 spiro atoms. The Hall–Kier alpha value is -1.64. The van der Waals surface area contributed by atoms with E-state index in [9.17, 15) is 9.59 Å². The molecular weight excluding hydrogens is 274 g/mol. The number of nitrogens with one attached hydrogen (secondary N) is 1. The van der Waals surface area contributed by atoms with Gasteiger partial charge in [0.2, 0.25) is 5.91 Å². The summed E-state index contributed by atoms with van der Waals surface area (Å²) in [5, 5.41) is 2.99. The van der Waals surface area contributed by atoms with E-state index in [1.165, 1.54) is 0 Å². The first-order valence-corrected chi connectivity index (χ1v) is 8.50. The summed E-state index contributed by atoms with van der Waals surface area (Å²) in [5.41, 5.74) is 1.11. The summed E-state index contributed by atoms with van der Waals surface area (Å²) >= 11 is 0. The van der Waals surface area contributed by atoms with Gasteiger partial charge in [-0.2, -0.15) is 0 Å². The first-order chi connectivity index (χ1) is 10.7. The van der Waals surface area contributed by atoms with Crippen LogP contribution in [-0.4, -0.2) is 18.2 Å². The van der Waals surface area contributed by atoms with E-state index in [0.29, 0.717) is 25.8 Å². The SMILES string of the molecule is CCCCCNC(=O)C(CC(=O)CCC)Cc1ccccc1. The maximum atomic E-state index is 12.4. The normalized spacial score (nSPS) is 11.9. The number of ketones is 1. The third-order valence-electron chi connectivity index (χ3n) is 3.78. The first-order valence-electron chi connectivity index (χ1n) is 8.50. The summed E-state index contributed by atoms with van der Waals surface area (Å²) in [6.07, 6.45) is 5.65. The van der Waals surface area contributed by atoms with Crippen LogP contribution in [0.1, 0.15) is 57.9 Å². The van der Waals surface area contributed by atoms with Gasteiger partial charge in [-0.25, -0.2) is 0 Å². The summed E-state index contributed by atoms with van der Waals surface area (Å²) in [7, 11) is 0. The van der Waals surface area contributed by atoms with Crippen molar-refractivity contribution in [1.82, 2.24) is 5.32 Å². The van der Waals surface area contributed by atoms with Crippen LogP contribution in [0, 0.1) is 5.92 Å². The molecule has 0 fully saturated rings. The second-order valence-electron chi connectivity index (χ2n) is 5.88. The molecule has 1 atom stereocenters. The van der Waals surface area contributed by atoms with Crippen molar-refractivity contribution < 1.29 is 9.59 Å². The van der Waals surface area contributed by atoms with Gasteiger partial charge in [-0.15, -0.1) is 0 Å². The molecule has 1 amide bonds. The molecule has 1 rings (SSSR count). The minimum absolute atomic E-state index is 0.0180. The quantitative estimate of drug-likeness (QED) is 0.630. The van der Waals surface area contributed by atoms with E-state index in [1.54, 1.807) is 0 Å². The van der Waals surface area contributed by atoms with Crippen molar-refractivity contribution in [1.29, 1.82) is 0 Å². The zero-order chi connectivity index (χ0) is 16.2. The van der Waals surface area contributed by atoms with Crippen molar-refractivity contribution in [2.75, 3.05) is 6.54 Å². The van der Waals surface area contributed by atoms with Gasteiger partial charge in [-0.1, -0.05) is 57.0 Å². The molecule has 122 valence electrons. The van der Waals surface area contributed by atoms with Crippen LogP contribution in [0.2, 0.25) is 0 Å². The molecule has 0 aliphatic carbocycles. The van der Waals surface area contributed by atoms with E-state index in [0.717, 1.165) is 31.2 Å². The van der Waals surface area contributed by atoms with Crippen LogP contribution in [0.5, 0.6) is 0 Å². The number of carbonyl (C=O) groups is 2. The van der Waals surface area contributed by atoms with Crippen LogP contribution in [0.3, 0.4) is 0 Å². The molecule has 0 aliphatic heterocycles. The number of hydrogen-bond donors (Lipinski definition) is 1. The minimum Gasteiger partial charge on any atom is -0.356 e. The highest BCUT2D eigenvalue weighted by Crippen LogP contribution is 2.15. The van der Waals surface area contributed by atoms with Crippen LogP contribution in [0.4, 0.5) is 0 Å². The Labute approximate surface area is 134 Å². The predicted octanol–water partition coefficient (Wildman–Crippen LogP) is 3.91. The van der Waals surface area contributed by atoms with E-state index in [1.807, 2.05) is 37.3 Å². The minimum atomic E-state index is -0.247. The Morgan fingerprint density at radius 2 is 1.77 bits per heavy atom. The fourth-order valence-electron chi connectivity index (χ4n) is 2.54. The smallest absolute Gasteiger partial charge is 0.223 e. The Morgan fingerprint density at radius 3 is 2.41 bits per heavy atom. The van der Waals surface area contributed by atoms with Crippen molar-refractivity contribution in [2.45, 2.75) is 58.8 Å². The highest BCUT2D eigenvalue weighted by atomic mass is 16.2. The van der Waals surface area contributed by atoms with Gasteiger partial charge >= 0.3 is 0 Å². The molecule has 0 saturated carbocycles. The summed E-state index contributed by atoms with van der Waals surface area (Å²) in [4.78, 5) is 24.3. The monoisotopic (exact) mass is 303 g/mol. The van der Waals surface area contributed by atoms with Gasteiger partial charge < -0.3 is 5.32 Å². The zero-order valence-electron chi connectivity index (χ0n) is 13.9. The lowest BCUT2D eigenvalue weighted by molar-refractivity contribution is -0.129. The molecule has 22 heavy (non-hydrogen) atoms. The van der Waals surface area contributed by atoms with Crippen molar-refractivity contribution >= 4 is 11.7 Å². The molecule has 0 bridgehead atoms. The second-order valence-corrected chi connectivity index (χ2v) is 5.88. The predicted molar refractivity (Wildman–Crippen MR) is 90.7 cm³/mol. The number of amides is 1. The van der Waals surface area contributed by atoms with Crippen LogP contribution >= 0.6 is 0 Å². The van der Waals surface area contributed by atoms with Gasteiger partial charge in [0, 0.05) is 25.3 Å². The topological polar surface area (TPSA) is 46.2 Å². The molecule has 3 nitrogen and oxygen atoms in total. The van der Waals surface area contributed by atoms with E-state index in [2.05, 4.69) is 12.2 Å². The fraction of sp³-hybridized carbons (Fsp3) is 0.579. The Morgan fingerprint density at radius 1 is 1.05 bits per heavy atom. The first kappa shape index (κ1) is 18.4. The highest BCUT2D eigenvalue weighted by Gasteiger charge is 2.21. The average molecular weight is 303 g/mol. The summed E-state index contributed by atoms with van der Waals surface area (Å²) in [6, 6.07) is 9.94.